The van der Waals surface area contributed by atoms with E-state index in [0.717, 1.165) is 82.9 Å². The third-order valence-corrected chi connectivity index (χ3v) is 8.65. The van der Waals surface area contributed by atoms with E-state index < -0.39 is 0 Å². The summed E-state index contributed by atoms with van der Waals surface area (Å²) < 4.78 is 6.67. The lowest BCUT2D eigenvalue weighted by atomic mass is 9.94. The fourth-order valence-electron chi connectivity index (χ4n) is 6.46. The molecule has 210 valence electrons. The predicted molar refractivity (Wildman–Crippen MR) is 186 cm³/mol. The van der Waals surface area contributed by atoms with Gasteiger partial charge in [0, 0.05) is 38.2 Å². The molecule has 3 heteroatoms. The van der Waals surface area contributed by atoms with Crippen LogP contribution in [0.15, 0.2) is 162 Å². The quantitative estimate of drug-likeness (QED) is 0.196. The van der Waals surface area contributed by atoms with Crippen molar-refractivity contribution in [1.29, 1.82) is 0 Å². The van der Waals surface area contributed by atoms with E-state index in [1.54, 1.807) is 0 Å². The van der Waals surface area contributed by atoms with E-state index in [2.05, 4.69) is 133 Å². The molecule has 0 aliphatic rings. The van der Waals surface area contributed by atoms with Gasteiger partial charge >= 0.3 is 0 Å². The van der Waals surface area contributed by atoms with Crippen LogP contribution in [0.25, 0.3) is 88.5 Å². The fourth-order valence-corrected chi connectivity index (χ4v) is 6.46. The Morgan fingerprint density at radius 3 is 1.67 bits per heavy atom. The van der Waals surface area contributed by atoms with Crippen LogP contribution in [0.4, 0.5) is 0 Å². The van der Waals surface area contributed by atoms with E-state index in [1.165, 1.54) is 5.56 Å². The summed E-state index contributed by atoms with van der Waals surface area (Å²) in [6, 6.07) is 54.8. The van der Waals surface area contributed by atoms with Crippen LogP contribution in [-0.2, 0) is 0 Å². The summed E-state index contributed by atoms with van der Waals surface area (Å²) in [5, 5.41) is 4.27. The highest BCUT2D eigenvalue weighted by Crippen LogP contribution is 2.43. The highest BCUT2D eigenvalue weighted by atomic mass is 16.3. The van der Waals surface area contributed by atoms with Gasteiger partial charge in [-0.2, -0.15) is 0 Å². The van der Waals surface area contributed by atoms with Gasteiger partial charge in [0.2, 0.25) is 0 Å². The van der Waals surface area contributed by atoms with Gasteiger partial charge in [0.05, 0.1) is 22.4 Å². The zero-order valence-corrected chi connectivity index (χ0v) is 24.3. The van der Waals surface area contributed by atoms with Gasteiger partial charge in [-0.05, 0) is 47.0 Å². The zero-order valence-electron chi connectivity index (χ0n) is 24.3. The van der Waals surface area contributed by atoms with Crippen LogP contribution in [0.3, 0.4) is 0 Å². The number of hydrogen-bond donors (Lipinski definition) is 0. The third-order valence-electron chi connectivity index (χ3n) is 8.65. The Kier molecular flexibility index (Phi) is 5.82. The monoisotopic (exact) mass is 574 g/mol. The number of rotatable bonds is 4. The van der Waals surface area contributed by atoms with Crippen molar-refractivity contribution in [1.82, 2.24) is 9.97 Å². The summed E-state index contributed by atoms with van der Waals surface area (Å²) in [6.07, 6.45) is 0. The van der Waals surface area contributed by atoms with Gasteiger partial charge in [-0.25, -0.2) is 9.97 Å². The molecule has 0 saturated heterocycles. The topological polar surface area (TPSA) is 38.9 Å². The molecule has 0 fully saturated rings. The zero-order chi connectivity index (χ0) is 29.7. The first-order valence-corrected chi connectivity index (χ1v) is 15.2. The standard InChI is InChI=1S/C42H26N2O/c1-4-11-27(12-5-1)32-25-34(28-13-6-2-7-14-28)42-35(26-32)39-33(17-10-18-38(39)45-42)37-24-22-31-20-19-30-21-23-36(29-15-8-3-9-16-29)43-40(30)41(31)44-37/h1-26H. The Bertz CT molecular complexity index is 2520. The molecule has 45 heavy (non-hydrogen) atoms. The number of hydrogen-bond acceptors (Lipinski definition) is 3. The molecule has 0 aliphatic carbocycles. The lowest BCUT2D eigenvalue weighted by molar-refractivity contribution is 0.670. The van der Waals surface area contributed by atoms with Crippen molar-refractivity contribution >= 4 is 43.7 Å². The molecule has 3 nitrogen and oxygen atoms in total. The lowest BCUT2D eigenvalue weighted by Gasteiger charge is -2.10. The summed E-state index contributed by atoms with van der Waals surface area (Å²) in [5.41, 5.74) is 12.0. The first-order valence-electron chi connectivity index (χ1n) is 15.2. The Hall–Kier alpha value is -6.06. The molecule has 0 atom stereocenters. The van der Waals surface area contributed by atoms with Gasteiger partial charge in [-0.1, -0.05) is 127 Å². The minimum absolute atomic E-state index is 0.842. The molecule has 0 radical (unpaired) electrons. The second-order valence-electron chi connectivity index (χ2n) is 11.4. The SMILES string of the molecule is c1ccc(-c2cc(-c3ccccc3)c3oc4cccc(-c5ccc6ccc7ccc(-c8ccccc8)nc7c6n5)c4c3c2)cc1. The van der Waals surface area contributed by atoms with Gasteiger partial charge in [0.15, 0.2) is 0 Å². The second-order valence-corrected chi connectivity index (χ2v) is 11.4. The molecule has 0 spiro atoms. The number of fused-ring (bicyclic) bond motifs is 6. The molecule has 0 unspecified atom stereocenters. The van der Waals surface area contributed by atoms with Crippen LogP contribution in [-0.4, -0.2) is 9.97 Å². The Morgan fingerprint density at radius 2 is 0.978 bits per heavy atom. The van der Waals surface area contributed by atoms with Crippen LogP contribution in [0.2, 0.25) is 0 Å². The Labute approximate surface area is 260 Å². The number of nitrogens with zero attached hydrogens (tertiary/aromatic N) is 2. The highest BCUT2D eigenvalue weighted by Gasteiger charge is 2.19. The van der Waals surface area contributed by atoms with Crippen LogP contribution in [0, 0.1) is 0 Å². The maximum atomic E-state index is 6.67. The highest BCUT2D eigenvalue weighted by molar-refractivity contribution is 6.17. The van der Waals surface area contributed by atoms with Crippen molar-refractivity contribution in [2.75, 3.05) is 0 Å². The molecule has 3 aromatic heterocycles. The van der Waals surface area contributed by atoms with Crippen molar-refractivity contribution < 1.29 is 4.42 Å². The maximum absolute atomic E-state index is 6.67. The smallest absolute Gasteiger partial charge is 0.143 e. The lowest BCUT2D eigenvalue weighted by Crippen LogP contribution is -1.91. The first kappa shape index (κ1) is 25.4. The second kappa shape index (κ2) is 10.3. The predicted octanol–water partition coefficient (Wildman–Crippen LogP) is 11.4. The van der Waals surface area contributed by atoms with Gasteiger partial charge < -0.3 is 4.42 Å². The third kappa shape index (κ3) is 4.29. The molecule has 9 rings (SSSR count). The fraction of sp³-hybridized carbons (Fsp3) is 0. The van der Waals surface area contributed by atoms with Gasteiger partial charge in [0.25, 0.3) is 0 Å². The van der Waals surface area contributed by atoms with Crippen molar-refractivity contribution in [2.24, 2.45) is 0 Å². The molecule has 0 aliphatic heterocycles. The molecule has 9 aromatic rings. The van der Waals surface area contributed by atoms with E-state index in [9.17, 15) is 0 Å². The molecule has 0 bridgehead atoms. The van der Waals surface area contributed by atoms with Crippen molar-refractivity contribution in [2.45, 2.75) is 0 Å². The van der Waals surface area contributed by atoms with E-state index in [1.807, 2.05) is 24.3 Å². The Morgan fingerprint density at radius 1 is 0.400 bits per heavy atom. The van der Waals surface area contributed by atoms with Crippen LogP contribution < -0.4 is 0 Å². The molecule has 0 saturated carbocycles. The maximum Gasteiger partial charge on any atom is 0.143 e. The Balaban J connectivity index is 1.31. The number of benzene rings is 6. The largest absolute Gasteiger partial charge is 0.455 e. The average Bonchev–Trinajstić information content (AvgIpc) is 3.51. The van der Waals surface area contributed by atoms with Gasteiger partial charge in [-0.15, -0.1) is 0 Å². The molecular formula is C42H26N2O. The van der Waals surface area contributed by atoms with Crippen LogP contribution in [0.5, 0.6) is 0 Å². The molecular weight excluding hydrogens is 548 g/mol. The van der Waals surface area contributed by atoms with Gasteiger partial charge in [-0.3, -0.25) is 0 Å². The molecule has 3 heterocycles. The van der Waals surface area contributed by atoms with E-state index in [0.29, 0.717) is 0 Å². The molecule has 0 N–H and O–H groups in total. The first-order chi connectivity index (χ1) is 22.3. The summed E-state index contributed by atoms with van der Waals surface area (Å²) >= 11 is 0. The number of pyridine rings is 2. The van der Waals surface area contributed by atoms with Crippen molar-refractivity contribution in [3.05, 3.63) is 158 Å². The van der Waals surface area contributed by atoms with E-state index >= 15 is 0 Å². The van der Waals surface area contributed by atoms with Crippen LogP contribution in [0.1, 0.15) is 0 Å². The molecule has 6 aromatic carbocycles. The summed E-state index contributed by atoms with van der Waals surface area (Å²) in [7, 11) is 0. The summed E-state index contributed by atoms with van der Waals surface area (Å²) in [5.74, 6) is 0. The summed E-state index contributed by atoms with van der Waals surface area (Å²) in [6.45, 7) is 0. The average molecular weight is 575 g/mol. The molecule has 0 amide bonds. The number of aromatic nitrogens is 2. The van der Waals surface area contributed by atoms with Crippen molar-refractivity contribution in [3.63, 3.8) is 0 Å². The summed E-state index contributed by atoms with van der Waals surface area (Å²) in [4.78, 5) is 10.4. The minimum atomic E-state index is 0.842. The number of furan rings is 1. The normalized spacial score (nSPS) is 11.6. The van der Waals surface area contributed by atoms with Crippen molar-refractivity contribution in [3.8, 4) is 44.8 Å². The van der Waals surface area contributed by atoms with Crippen LogP contribution >= 0.6 is 0 Å². The van der Waals surface area contributed by atoms with Gasteiger partial charge in [0.1, 0.15) is 11.2 Å². The van der Waals surface area contributed by atoms with E-state index in [-0.39, 0.29) is 0 Å². The minimum Gasteiger partial charge on any atom is -0.455 e. The van der Waals surface area contributed by atoms with E-state index in [4.69, 9.17) is 14.4 Å².